The van der Waals surface area contributed by atoms with Gasteiger partial charge in [-0.3, -0.25) is 0 Å². The molecule has 0 saturated heterocycles. The number of rotatable bonds is 3. The Morgan fingerprint density at radius 1 is 1.73 bits per heavy atom. The molecule has 0 fully saturated rings. The fraction of sp³-hybridized carbons (Fsp3) is 0.300. The molecule has 1 aromatic heterocycles. The summed E-state index contributed by atoms with van der Waals surface area (Å²) in [4.78, 5) is 14.9. The van der Waals surface area contributed by atoms with Crippen LogP contribution in [0.3, 0.4) is 0 Å². The molecule has 0 bridgehead atoms. The molecule has 5 heteroatoms. The molecule has 0 aliphatic rings. The van der Waals surface area contributed by atoms with E-state index in [-0.39, 0.29) is 5.97 Å². The lowest BCUT2D eigenvalue weighted by Gasteiger charge is -2.12. The molecular weight excluding hydrogens is 194 g/mol. The van der Waals surface area contributed by atoms with Crippen molar-refractivity contribution in [1.82, 2.24) is 4.98 Å². The second-order valence-electron chi connectivity index (χ2n) is 2.93. The summed E-state index contributed by atoms with van der Waals surface area (Å²) in [5.74, 6) is -0.356. The first-order chi connectivity index (χ1) is 7.17. The Bertz CT molecular complexity index is 398. The van der Waals surface area contributed by atoms with Crippen molar-refractivity contribution in [3.63, 3.8) is 0 Å². The van der Waals surface area contributed by atoms with Crippen molar-refractivity contribution in [2.45, 2.75) is 13.0 Å². The zero-order valence-corrected chi connectivity index (χ0v) is 8.52. The molecule has 1 atom stereocenters. The first-order valence-electron chi connectivity index (χ1n) is 4.38. The van der Waals surface area contributed by atoms with Crippen LogP contribution >= 0.6 is 0 Å². The van der Waals surface area contributed by atoms with Crippen molar-refractivity contribution in [2.24, 2.45) is 0 Å². The summed E-state index contributed by atoms with van der Waals surface area (Å²) in [6.07, 6.45) is 1.50. The first-order valence-corrected chi connectivity index (χ1v) is 4.38. The number of aromatic nitrogens is 1. The molecule has 1 unspecified atom stereocenters. The van der Waals surface area contributed by atoms with E-state index >= 15 is 0 Å². The molecule has 5 nitrogen and oxygen atoms in total. The van der Waals surface area contributed by atoms with E-state index in [9.17, 15) is 4.79 Å². The number of carbonyl (C=O) groups excluding carboxylic acids is 1. The van der Waals surface area contributed by atoms with E-state index in [0.717, 1.165) is 0 Å². The largest absolute Gasteiger partial charge is 0.467 e. The van der Waals surface area contributed by atoms with Crippen LogP contribution in [0.2, 0.25) is 0 Å². The summed E-state index contributed by atoms with van der Waals surface area (Å²) < 4.78 is 4.56. The van der Waals surface area contributed by atoms with E-state index in [2.05, 4.69) is 15.0 Å². The Kier molecular flexibility index (Phi) is 3.63. The Labute approximate surface area is 87.7 Å². The quantitative estimate of drug-likeness (QED) is 0.743. The van der Waals surface area contributed by atoms with Crippen molar-refractivity contribution >= 4 is 11.7 Å². The molecule has 0 spiro atoms. The molecule has 0 saturated carbocycles. The number of nitriles is 1. The van der Waals surface area contributed by atoms with Crippen molar-refractivity contribution in [2.75, 3.05) is 12.4 Å². The fourth-order valence-corrected chi connectivity index (χ4v) is 1.07. The molecule has 0 aliphatic carbocycles. The Morgan fingerprint density at radius 2 is 2.47 bits per heavy atom. The number of hydrogen-bond donors (Lipinski definition) is 1. The average molecular weight is 205 g/mol. The van der Waals surface area contributed by atoms with E-state index < -0.39 is 6.04 Å². The predicted octanol–water partition coefficient (Wildman–Crippen LogP) is 0.927. The average Bonchev–Trinajstić information content (AvgIpc) is 2.28. The van der Waals surface area contributed by atoms with Crippen LogP contribution in [0.25, 0.3) is 0 Å². The van der Waals surface area contributed by atoms with Crippen molar-refractivity contribution in [3.05, 3.63) is 24.0 Å². The van der Waals surface area contributed by atoms with Crippen LogP contribution in [0.15, 0.2) is 18.3 Å². The third-order valence-electron chi connectivity index (χ3n) is 1.81. The highest BCUT2D eigenvalue weighted by molar-refractivity contribution is 5.78. The summed E-state index contributed by atoms with van der Waals surface area (Å²) >= 11 is 0. The van der Waals surface area contributed by atoms with Crippen LogP contribution < -0.4 is 5.32 Å². The number of nitrogens with one attached hydrogen (secondary N) is 1. The van der Waals surface area contributed by atoms with Gasteiger partial charge in [-0.1, -0.05) is 0 Å². The zero-order valence-electron chi connectivity index (χ0n) is 8.52. The normalized spacial score (nSPS) is 11.3. The van der Waals surface area contributed by atoms with Crippen LogP contribution in [0.5, 0.6) is 0 Å². The van der Waals surface area contributed by atoms with Gasteiger partial charge in [-0.15, -0.1) is 0 Å². The maximum Gasteiger partial charge on any atom is 0.327 e. The van der Waals surface area contributed by atoms with Crippen molar-refractivity contribution in [3.8, 4) is 6.07 Å². The molecule has 0 amide bonds. The first kappa shape index (κ1) is 11.0. The van der Waals surface area contributed by atoms with Gasteiger partial charge in [0.1, 0.15) is 17.8 Å². The molecule has 1 heterocycles. The van der Waals surface area contributed by atoms with Crippen LogP contribution in [0.1, 0.15) is 12.6 Å². The molecule has 78 valence electrons. The molecule has 15 heavy (non-hydrogen) atoms. The summed E-state index contributed by atoms with van der Waals surface area (Å²) in [7, 11) is 1.33. The van der Waals surface area contributed by atoms with Gasteiger partial charge in [-0.2, -0.15) is 5.26 Å². The molecular formula is C10H11N3O2. The Balaban J connectivity index is 2.73. The van der Waals surface area contributed by atoms with Gasteiger partial charge < -0.3 is 10.1 Å². The highest BCUT2D eigenvalue weighted by Crippen LogP contribution is 2.09. The number of methoxy groups -OCH3 is 1. The highest BCUT2D eigenvalue weighted by Gasteiger charge is 2.12. The molecule has 0 aromatic carbocycles. The van der Waals surface area contributed by atoms with Gasteiger partial charge in [0.15, 0.2) is 0 Å². The summed E-state index contributed by atoms with van der Waals surface area (Å²) in [5.41, 5.74) is 0.969. The molecule has 0 aliphatic heterocycles. The predicted molar refractivity (Wildman–Crippen MR) is 54.1 cm³/mol. The Morgan fingerprint density at radius 3 is 3.07 bits per heavy atom. The second-order valence-corrected chi connectivity index (χ2v) is 2.93. The third kappa shape index (κ3) is 2.95. The summed E-state index contributed by atoms with van der Waals surface area (Å²) in [5, 5.41) is 11.5. The van der Waals surface area contributed by atoms with Gasteiger partial charge in [0.05, 0.1) is 7.11 Å². The highest BCUT2D eigenvalue weighted by atomic mass is 16.5. The molecule has 0 radical (unpaired) electrons. The zero-order chi connectivity index (χ0) is 11.3. The second kappa shape index (κ2) is 4.96. The number of esters is 1. The van der Waals surface area contributed by atoms with Crippen LogP contribution in [-0.4, -0.2) is 24.1 Å². The SMILES string of the molecule is COC(=O)C(C)Nc1ccnc(C#N)c1. The van der Waals surface area contributed by atoms with Crippen molar-refractivity contribution in [1.29, 1.82) is 5.26 Å². The molecule has 1 N–H and O–H groups in total. The van der Waals surface area contributed by atoms with Crippen LogP contribution in [-0.2, 0) is 9.53 Å². The van der Waals surface area contributed by atoms with Crippen LogP contribution in [0, 0.1) is 11.3 Å². The lowest BCUT2D eigenvalue weighted by molar-refractivity contribution is -0.141. The number of ether oxygens (including phenoxy) is 1. The number of anilines is 1. The van der Waals surface area contributed by atoms with Gasteiger partial charge in [-0.05, 0) is 19.1 Å². The lowest BCUT2D eigenvalue weighted by atomic mass is 10.3. The number of carbonyl (C=O) groups is 1. The number of nitrogens with zero attached hydrogens (tertiary/aromatic N) is 2. The van der Waals surface area contributed by atoms with Gasteiger partial charge in [0, 0.05) is 11.9 Å². The molecule has 1 rings (SSSR count). The lowest BCUT2D eigenvalue weighted by Crippen LogP contribution is -2.27. The Hall–Kier alpha value is -2.09. The van der Waals surface area contributed by atoms with Gasteiger partial charge in [0.25, 0.3) is 0 Å². The van der Waals surface area contributed by atoms with Gasteiger partial charge >= 0.3 is 5.97 Å². The van der Waals surface area contributed by atoms with Gasteiger partial charge in [-0.25, -0.2) is 9.78 Å². The third-order valence-corrected chi connectivity index (χ3v) is 1.81. The minimum atomic E-state index is -0.455. The van der Waals surface area contributed by atoms with E-state index in [1.54, 1.807) is 19.1 Å². The molecule has 1 aromatic rings. The summed E-state index contributed by atoms with van der Waals surface area (Å²) in [6.45, 7) is 1.68. The standard InChI is InChI=1S/C10H11N3O2/c1-7(10(14)15-2)13-8-3-4-12-9(5-8)6-11/h3-5,7H,1-2H3,(H,12,13). The van der Waals surface area contributed by atoms with Crippen LogP contribution in [0.4, 0.5) is 5.69 Å². The smallest absolute Gasteiger partial charge is 0.327 e. The number of hydrogen-bond acceptors (Lipinski definition) is 5. The van der Waals surface area contributed by atoms with E-state index in [1.807, 2.05) is 6.07 Å². The van der Waals surface area contributed by atoms with E-state index in [4.69, 9.17) is 5.26 Å². The number of pyridine rings is 1. The van der Waals surface area contributed by atoms with E-state index in [0.29, 0.717) is 11.4 Å². The topological polar surface area (TPSA) is 75.0 Å². The minimum absolute atomic E-state index is 0.303. The minimum Gasteiger partial charge on any atom is -0.467 e. The summed E-state index contributed by atoms with van der Waals surface area (Å²) in [6, 6.07) is 4.71. The maximum absolute atomic E-state index is 11.1. The monoisotopic (exact) mass is 205 g/mol. The van der Waals surface area contributed by atoms with Crippen molar-refractivity contribution < 1.29 is 9.53 Å². The fourth-order valence-electron chi connectivity index (χ4n) is 1.07. The van der Waals surface area contributed by atoms with E-state index in [1.165, 1.54) is 13.3 Å². The maximum atomic E-state index is 11.1. The van der Waals surface area contributed by atoms with Gasteiger partial charge in [0.2, 0.25) is 0 Å².